The van der Waals surface area contributed by atoms with E-state index in [9.17, 15) is 4.79 Å². The summed E-state index contributed by atoms with van der Waals surface area (Å²) >= 11 is 6.22. The minimum atomic E-state index is 0.0492. The molecular weight excluding hydrogens is 210 g/mol. The maximum Gasteiger partial charge on any atom is 0.160 e. The summed E-state index contributed by atoms with van der Waals surface area (Å²) in [5.41, 5.74) is 2.69. The van der Waals surface area contributed by atoms with Crippen LogP contribution in [0.15, 0.2) is 18.2 Å². The first-order valence-corrected chi connectivity index (χ1v) is 5.16. The molecule has 3 heteroatoms. The number of hydrogen-bond acceptors (Lipinski definition) is 1. The van der Waals surface area contributed by atoms with Gasteiger partial charge in [0.2, 0.25) is 0 Å². The molecule has 1 heterocycles. The molecule has 1 aromatic heterocycles. The molecule has 1 aromatic carbocycles. The van der Waals surface area contributed by atoms with Crippen molar-refractivity contribution in [1.29, 1.82) is 0 Å². The van der Waals surface area contributed by atoms with Crippen LogP contribution < -0.4 is 0 Å². The summed E-state index contributed by atoms with van der Waals surface area (Å²) in [6, 6.07) is 5.67. The Kier molecular flexibility index (Phi) is 2.31. The minimum absolute atomic E-state index is 0.0492. The van der Waals surface area contributed by atoms with Gasteiger partial charge < -0.3 is 4.57 Å². The van der Waals surface area contributed by atoms with Crippen molar-refractivity contribution in [3.63, 3.8) is 0 Å². The Labute approximate surface area is 93.5 Å². The molecule has 0 amide bonds. The lowest BCUT2D eigenvalue weighted by molar-refractivity contribution is 0.101. The molecule has 0 radical (unpaired) electrons. The van der Waals surface area contributed by atoms with E-state index in [2.05, 4.69) is 0 Å². The van der Waals surface area contributed by atoms with E-state index in [0.717, 1.165) is 16.6 Å². The molecule has 0 aliphatic rings. The highest BCUT2D eigenvalue weighted by atomic mass is 35.5. The normalized spacial score (nSPS) is 10.9. The Morgan fingerprint density at radius 2 is 2.07 bits per heavy atom. The lowest BCUT2D eigenvalue weighted by atomic mass is 10.1. The fourth-order valence-electron chi connectivity index (χ4n) is 1.85. The van der Waals surface area contributed by atoms with E-state index in [1.165, 1.54) is 0 Å². The monoisotopic (exact) mass is 221 g/mol. The average Bonchev–Trinajstić information content (AvgIpc) is 2.44. The molecule has 0 fully saturated rings. The number of Topliss-reactive ketones (excluding diaryl/α,β-unsaturated/α-hetero) is 1. The zero-order valence-corrected chi connectivity index (χ0v) is 9.72. The lowest BCUT2D eigenvalue weighted by Crippen LogP contribution is -1.93. The molecule has 0 aliphatic heterocycles. The molecule has 0 saturated heterocycles. The second-order valence-electron chi connectivity index (χ2n) is 3.71. The molecule has 0 atom stereocenters. The van der Waals surface area contributed by atoms with Gasteiger partial charge in [-0.2, -0.15) is 0 Å². The van der Waals surface area contributed by atoms with Crippen molar-refractivity contribution >= 4 is 28.3 Å². The van der Waals surface area contributed by atoms with Crippen molar-refractivity contribution in [3.8, 4) is 0 Å². The number of carbonyl (C=O) groups is 1. The average molecular weight is 222 g/mol. The van der Waals surface area contributed by atoms with Crippen molar-refractivity contribution in [3.05, 3.63) is 34.5 Å². The number of rotatable bonds is 1. The maximum absolute atomic E-state index is 11.5. The van der Waals surface area contributed by atoms with E-state index in [1.54, 1.807) is 6.92 Å². The van der Waals surface area contributed by atoms with Gasteiger partial charge in [0.05, 0.1) is 10.5 Å². The van der Waals surface area contributed by atoms with Gasteiger partial charge >= 0.3 is 0 Å². The highest BCUT2D eigenvalue weighted by Crippen LogP contribution is 2.32. The quantitative estimate of drug-likeness (QED) is 0.677. The first kappa shape index (κ1) is 10.2. The molecule has 0 spiro atoms. The summed E-state index contributed by atoms with van der Waals surface area (Å²) in [6.45, 7) is 3.51. The predicted octanol–water partition coefficient (Wildman–Crippen LogP) is 3.34. The first-order valence-electron chi connectivity index (χ1n) is 4.78. The van der Waals surface area contributed by atoms with Crippen LogP contribution in [0.2, 0.25) is 5.02 Å². The van der Waals surface area contributed by atoms with Crippen molar-refractivity contribution < 1.29 is 4.79 Å². The van der Waals surface area contributed by atoms with Gasteiger partial charge in [-0.3, -0.25) is 4.79 Å². The van der Waals surface area contributed by atoms with Crippen molar-refractivity contribution in [2.75, 3.05) is 0 Å². The van der Waals surface area contributed by atoms with E-state index in [-0.39, 0.29) is 5.78 Å². The number of aromatic nitrogens is 1. The first-order chi connectivity index (χ1) is 7.04. The molecule has 2 nitrogen and oxygen atoms in total. The van der Waals surface area contributed by atoms with Crippen LogP contribution in [0, 0.1) is 6.92 Å². The van der Waals surface area contributed by atoms with Gasteiger partial charge in [0.25, 0.3) is 0 Å². The standard InChI is InChI=1S/C12H12ClNO/c1-7-12(13)11-9(8(2)15)5-4-6-10(11)14(7)3/h4-6H,1-3H3. The fourth-order valence-corrected chi connectivity index (χ4v) is 2.18. The van der Waals surface area contributed by atoms with Gasteiger partial charge in [0, 0.05) is 23.7 Å². The molecule has 0 N–H and O–H groups in total. The third-order valence-corrected chi connectivity index (χ3v) is 3.29. The largest absolute Gasteiger partial charge is 0.346 e. The Balaban J connectivity index is 2.98. The van der Waals surface area contributed by atoms with Crippen LogP contribution in [0.3, 0.4) is 0 Å². The number of nitrogens with zero attached hydrogens (tertiary/aromatic N) is 1. The molecule has 15 heavy (non-hydrogen) atoms. The topological polar surface area (TPSA) is 22.0 Å². The molecular formula is C12H12ClNO. The highest BCUT2D eigenvalue weighted by Gasteiger charge is 2.15. The zero-order chi connectivity index (χ0) is 11.2. The Morgan fingerprint density at radius 3 is 2.67 bits per heavy atom. The van der Waals surface area contributed by atoms with Gasteiger partial charge in [-0.15, -0.1) is 0 Å². The predicted molar refractivity (Wildman–Crippen MR) is 62.7 cm³/mol. The minimum Gasteiger partial charge on any atom is -0.346 e. The maximum atomic E-state index is 11.5. The van der Waals surface area contributed by atoms with Crippen molar-refractivity contribution in [1.82, 2.24) is 4.57 Å². The zero-order valence-electron chi connectivity index (χ0n) is 8.97. The SMILES string of the molecule is CC(=O)c1cccc2c1c(Cl)c(C)n2C. The van der Waals surface area contributed by atoms with Crippen LogP contribution >= 0.6 is 11.6 Å². The third kappa shape index (κ3) is 1.37. The van der Waals surface area contributed by atoms with Gasteiger partial charge in [0.1, 0.15) is 0 Å². The number of fused-ring (bicyclic) bond motifs is 1. The molecule has 2 aromatic rings. The Bertz CT molecular complexity index is 554. The second-order valence-corrected chi connectivity index (χ2v) is 4.09. The summed E-state index contributed by atoms with van der Waals surface area (Å²) in [7, 11) is 1.95. The third-order valence-electron chi connectivity index (χ3n) is 2.82. The van der Waals surface area contributed by atoms with E-state index in [1.807, 2.05) is 36.7 Å². The number of halogens is 1. The van der Waals surface area contributed by atoms with Crippen LogP contribution in [0.4, 0.5) is 0 Å². The number of carbonyl (C=O) groups excluding carboxylic acids is 1. The number of benzene rings is 1. The molecule has 0 bridgehead atoms. The summed E-state index contributed by atoms with van der Waals surface area (Å²) in [5.74, 6) is 0.0492. The van der Waals surface area contributed by atoms with Gasteiger partial charge in [-0.1, -0.05) is 23.7 Å². The summed E-state index contributed by atoms with van der Waals surface area (Å²) in [4.78, 5) is 11.5. The molecule has 2 rings (SSSR count). The van der Waals surface area contributed by atoms with E-state index >= 15 is 0 Å². The molecule has 0 aliphatic carbocycles. The lowest BCUT2D eigenvalue weighted by Gasteiger charge is -2.00. The molecule has 0 saturated carbocycles. The van der Waals surface area contributed by atoms with Gasteiger partial charge in [-0.05, 0) is 19.9 Å². The Morgan fingerprint density at radius 1 is 1.40 bits per heavy atom. The molecule has 0 unspecified atom stereocenters. The Hall–Kier alpha value is -1.28. The van der Waals surface area contributed by atoms with Crippen LogP contribution in [-0.2, 0) is 7.05 Å². The summed E-state index contributed by atoms with van der Waals surface area (Å²) in [5, 5.41) is 1.55. The second kappa shape index (κ2) is 3.38. The van der Waals surface area contributed by atoms with E-state index in [0.29, 0.717) is 10.6 Å². The van der Waals surface area contributed by atoms with Crippen LogP contribution in [0.1, 0.15) is 23.0 Å². The smallest absolute Gasteiger partial charge is 0.160 e. The number of hydrogen-bond donors (Lipinski definition) is 0. The number of ketones is 1. The van der Waals surface area contributed by atoms with E-state index in [4.69, 9.17) is 11.6 Å². The van der Waals surface area contributed by atoms with Crippen LogP contribution in [0.25, 0.3) is 10.9 Å². The summed E-state index contributed by atoms with van der Waals surface area (Å²) in [6.07, 6.45) is 0. The van der Waals surface area contributed by atoms with E-state index < -0.39 is 0 Å². The van der Waals surface area contributed by atoms with Gasteiger partial charge in [0.15, 0.2) is 5.78 Å². The van der Waals surface area contributed by atoms with Crippen molar-refractivity contribution in [2.24, 2.45) is 7.05 Å². The fraction of sp³-hybridized carbons (Fsp3) is 0.250. The van der Waals surface area contributed by atoms with Crippen LogP contribution in [-0.4, -0.2) is 10.4 Å². The van der Waals surface area contributed by atoms with Crippen molar-refractivity contribution in [2.45, 2.75) is 13.8 Å². The summed E-state index contributed by atoms with van der Waals surface area (Å²) < 4.78 is 2.00. The van der Waals surface area contributed by atoms with Gasteiger partial charge in [-0.25, -0.2) is 0 Å². The number of aryl methyl sites for hydroxylation is 1. The molecule has 78 valence electrons. The highest BCUT2D eigenvalue weighted by molar-refractivity contribution is 6.37. The van der Waals surface area contributed by atoms with Crippen LogP contribution in [0.5, 0.6) is 0 Å².